The molecule has 0 bridgehead atoms. The van der Waals surface area contributed by atoms with Crippen molar-refractivity contribution in [3.05, 3.63) is 99.2 Å². The van der Waals surface area contributed by atoms with Gasteiger partial charge >= 0.3 is 0 Å². The fourth-order valence-corrected chi connectivity index (χ4v) is 3.62. The SMILES string of the molecule is Cc1ccc(C2=C(Nc3cc(Cl)ccc3C)C(=O)N(c3ccc(Cl)cc3)C2=O)cc1. The van der Waals surface area contributed by atoms with Crippen LogP contribution in [0.15, 0.2) is 72.4 Å². The van der Waals surface area contributed by atoms with Crippen molar-refractivity contribution >= 4 is 52.0 Å². The minimum atomic E-state index is -0.433. The number of aryl methyl sites for hydroxylation is 2. The summed E-state index contributed by atoms with van der Waals surface area (Å²) in [5.41, 5.74) is 4.28. The molecule has 1 aliphatic rings. The lowest BCUT2D eigenvalue weighted by atomic mass is 10.0. The second kappa shape index (κ2) is 7.98. The molecule has 4 nitrogen and oxygen atoms in total. The van der Waals surface area contributed by atoms with Crippen LogP contribution in [0.4, 0.5) is 11.4 Å². The number of hydrogen-bond donors (Lipinski definition) is 1. The third-order valence-corrected chi connectivity index (χ3v) is 5.46. The Kier molecular flexibility index (Phi) is 5.37. The molecule has 1 N–H and O–H groups in total. The lowest BCUT2D eigenvalue weighted by Crippen LogP contribution is -2.32. The highest BCUT2D eigenvalue weighted by Gasteiger charge is 2.40. The topological polar surface area (TPSA) is 49.4 Å². The minimum absolute atomic E-state index is 0.212. The number of nitrogens with one attached hydrogen (secondary N) is 1. The first kappa shape index (κ1) is 20.2. The molecule has 0 aromatic heterocycles. The zero-order valence-corrected chi connectivity index (χ0v) is 17.9. The molecule has 4 rings (SSSR count). The van der Waals surface area contributed by atoms with E-state index in [-0.39, 0.29) is 5.70 Å². The van der Waals surface area contributed by atoms with Gasteiger partial charge in [0.2, 0.25) is 0 Å². The summed E-state index contributed by atoms with van der Waals surface area (Å²) in [7, 11) is 0. The number of imide groups is 1. The van der Waals surface area contributed by atoms with Crippen molar-refractivity contribution in [2.24, 2.45) is 0 Å². The standard InChI is InChI=1S/C24H18Cl2N2O2/c1-14-3-6-16(7-4-14)21-22(27-20-13-18(26)8-5-15(20)2)24(30)28(23(21)29)19-11-9-17(25)10-12-19/h3-13,27H,1-2H3. The molecule has 0 radical (unpaired) electrons. The van der Waals surface area contributed by atoms with Crippen molar-refractivity contribution in [2.75, 3.05) is 10.2 Å². The Hall–Kier alpha value is -3.08. The Morgan fingerprint density at radius 3 is 2.07 bits per heavy atom. The number of benzene rings is 3. The van der Waals surface area contributed by atoms with E-state index in [0.29, 0.717) is 32.6 Å². The van der Waals surface area contributed by atoms with Gasteiger partial charge in [-0.2, -0.15) is 0 Å². The van der Waals surface area contributed by atoms with E-state index in [9.17, 15) is 9.59 Å². The Labute approximate surface area is 184 Å². The highest BCUT2D eigenvalue weighted by molar-refractivity contribution is 6.46. The van der Waals surface area contributed by atoms with Crippen LogP contribution in [0.25, 0.3) is 5.57 Å². The summed E-state index contributed by atoms with van der Waals surface area (Å²) in [6.07, 6.45) is 0. The first-order chi connectivity index (χ1) is 14.3. The summed E-state index contributed by atoms with van der Waals surface area (Å²) in [5, 5.41) is 4.22. The summed E-state index contributed by atoms with van der Waals surface area (Å²) in [6.45, 7) is 3.87. The van der Waals surface area contributed by atoms with E-state index in [1.807, 2.05) is 44.2 Å². The van der Waals surface area contributed by atoms with Crippen LogP contribution in [0, 0.1) is 13.8 Å². The largest absolute Gasteiger partial charge is 0.350 e. The van der Waals surface area contributed by atoms with E-state index in [2.05, 4.69) is 5.32 Å². The average Bonchev–Trinajstić information content (AvgIpc) is 2.96. The molecule has 0 fully saturated rings. The molecule has 0 saturated heterocycles. The van der Waals surface area contributed by atoms with E-state index in [0.717, 1.165) is 16.0 Å². The molecule has 1 aliphatic heterocycles. The van der Waals surface area contributed by atoms with Gasteiger partial charge < -0.3 is 5.32 Å². The molecule has 150 valence electrons. The molecule has 0 unspecified atom stereocenters. The number of halogens is 2. The van der Waals surface area contributed by atoms with Crippen molar-refractivity contribution in [3.63, 3.8) is 0 Å². The molecule has 0 saturated carbocycles. The van der Waals surface area contributed by atoms with Gasteiger partial charge in [-0.25, -0.2) is 4.90 Å². The van der Waals surface area contributed by atoms with E-state index in [4.69, 9.17) is 23.2 Å². The molecule has 3 aromatic rings. The Morgan fingerprint density at radius 2 is 1.40 bits per heavy atom. The predicted octanol–water partition coefficient (Wildman–Crippen LogP) is 6.01. The molecule has 0 spiro atoms. The maximum atomic E-state index is 13.4. The maximum absolute atomic E-state index is 13.4. The van der Waals surface area contributed by atoms with Crippen LogP contribution in [0.2, 0.25) is 10.0 Å². The fourth-order valence-electron chi connectivity index (χ4n) is 3.32. The van der Waals surface area contributed by atoms with Crippen molar-refractivity contribution in [3.8, 4) is 0 Å². The van der Waals surface area contributed by atoms with Gasteiger partial charge in [-0.05, 0) is 61.4 Å². The normalized spacial score (nSPS) is 13.9. The van der Waals surface area contributed by atoms with Crippen LogP contribution in [0.3, 0.4) is 0 Å². The first-order valence-electron chi connectivity index (χ1n) is 9.34. The van der Waals surface area contributed by atoms with E-state index < -0.39 is 11.8 Å². The third kappa shape index (κ3) is 3.72. The average molecular weight is 437 g/mol. The maximum Gasteiger partial charge on any atom is 0.282 e. The second-order valence-corrected chi connectivity index (χ2v) is 8.00. The van der Waals surface area contributed by atoms with Crippen LogP contribution in [0.5, 0.6) is 0 Å². The van der Waals surface area contributed by atoms with Gasteiger partial charge in [0.25, 0.3) is 11.8 Å². The molecule has 30 heavy (non-hydrogen) atoms. The number of rotatable bonds is 4. The number of hydrogen-bond acceptors (Lipinski definition) is 3. The van der Waals surface area contributed by atoms with Gasteiger partial charge in [0.15, 0.2) is 0 Å². The number of carbonyl (C=O) groups excluding carboxylic acids is 2. The van der Waals surface area contributed by atoms with Gasteiger partial charge in [0.05, 0.1) is 11.3 Å². The summed E-state index contributed by atoms with van der Waals surface area (Å²) >= 11 is 12.1. The summed E-state index contributed by atoms with van der Waals surface area (Å²) in [5.74, 6) is -0.828. The van der Waals surface area contributed by atoms with E-state index in [1.54, 1.807) is 36.4 Å². The number of anilines is 2. The number of carbonyl (C=O) groups is 2. The number of amides is 2. The molecule has 1 heterocycles. The zero-order chi connectivity index (χ0) is 21.4. The lowest BCUT2D eigenvalue weighted by Gasteiger charge is -2.16. The van der Waals surface area contributed by atoms with E-state index >= 15 is 0 Å². The first-order valence-corrected chi connectivity index (χ1v) is 10.1. The quantitative estimate of drug-likeness (QED) is 0.509. The van der Waals surface area contributed by atoms with E-state index in [1.165, 1.54) is 0 Å². The van der Waals surface area contributed by atoms with Gasteiger partial charge in [-0.3, -0.25) is 9.59 Å². The lowest BCUT2D eigenvalue weighted by molar-refractivity contribution is -0.120. The summed E-state index contributed by atoms with van der Waals surface area (Å²) in [4.78, 5) is 27.9. The van der Waals surface area contributed by atoms with Crippen molar-refractivity contribution in [1.29, 1.82) is 0 Å². The van der Waals surface area contributed by atoms with Crippen LogP contribution in [-0.4, -0.2) is 11.8 Å². The predicted molar refractivity (Wildman–Crippen MR) is 122 cm³/mol. The van der Waals surface area contributed by atoms with Gasteiger partial charge in [-0.15, -0.1) is 0 Å². The molecular weight excluding hydrogens is 419 g/mol. The highest BCUT2D eigenvalue weighted by atomic mass is 35.5. The highest BCUT2D eigenvalue weighted by Crippen LogP contribution is 2.35. The Morgan fingerprint density at radius 1 is 0.767 bits per heavy atom. The van der Waals surface area contributed by atoms with Gasteiger partial charge in [0.1, 0.15) is 5.70 Å². The third-order valence-electron chi connectivity index (χ3n) is 4.97. The fraction of sp³-hybridized carbons (Fsp3) is 0.0833. The van der Waals surface area contributed by atoms with Crippen molar-refractivity contribution < 1.29 is 9.59 Å². The molecule has 6 heteroatoms. The van der Waals surface area contributed by atoms with Crippen LogP contribution < -0.4 is 10.2 Å². The zero-order valence-electron chi connectivity index (χ0n) is 16.4. The van der Waals surface area contributed by atoms with Crippen molar-refractivity contribution in [1.82, 2.24) is 0 Å². The van der Waals surface area contributed by atoms with Gasteiger partial charge in [-0.1, -0.05) is 59.1 Å². The second-order valence-electron chi connectivity index (χ2n) is 7.12. The molecule has 0 aliphatic carbocycles. The number of nitrogens with zero attached hydrogens (tertiary/aromatic N) is 1. The minimum Gasteiger partial charge on any atom is -0.350 e. The Balaban J connectivity index is 1.84. The molecule has 3 aromatic carbocycles. The van der Waals surface area contributed by atoms with Crippen LogP contribution in [0.1, 0.15) is 16.7 Å². The smallest absolute Gasteiger partial charge is 0.282 e. The molecule has 0 atom stereocenters. The van der Waals surface area contributed by atoms with Gasteiger partial charge in [0, 0.05) is 15.7 Å². The monoisotopic (exact) mass is 436 g/mol. The molecule has 2 amide bonds. The summed E-state index contributed by atoms with van der Waals surface area (Å²) < 4.78 is 0. The van der Waals surface area contributed by atoms with Crippen LogP contribution >= 0.6 is 23.2 Å². The molecular formula is C24H18Cl2N2O2. The Bertz CT molecular complexity index is 1180. The van der Waals surface area contributed by atoms with Crippen molar-refractivity contribution in [2.45, 2.75) is 13.8 Å². The summed E-state index contributed by atoms with van der Waals surface area (Å²) in [6, 6.07) is 19.5. The van der Waals surface area contributed by atoms with Crippen LogP contribution in [-0.2, 0) is 9.59 Å².